The van der Waals surface area contributed by atoms with Crippen molar-refractivity contribution in [2.24, 2.45) is 5.92 Å². The van der Waals surface area contributed by atoms with Crippen LogP contribution < -0.4 is 10.1 Å². The van der Waals surface area contributed by atoms with Gasteiger partial charge in [0.05, 0.1) is 7.11 Å². The average Bonchev–Trinajstić information content (AvgIpc) is 2.94. The van der Waals surface area contributed by atoms with Gasteiger partial charge >= 0.3 is 0 Å². The Labute approximate surface area is 111 Å². The van der Waals surface area contributed by atoms with Crippen LogP contribution in [0.1, 0.15) is 43.6 Å². The second kappa shape index (κ2) is 6.79. The fourth-order valence-corrected chi connectivity index (χ4v) is 3.19. The quantitative estimate of drug-likeness (QED) is 0.829. The Balaban J connectivity index is 2.10. The van der Waals surface area contributed by atoms with Crippen LogP contribution >= 0.6 is 0 Å². The molecular formula is C16H25NO. The lowest BCUT2D eigenvalue weighted by atomic mass is 9.82. The molecule has 0 saturated heterocycles. The Morgan fingerprint density at radius 3 is 2.44 bits per heavy atom. The summed E-state index contributed by atoms with van der Waals surface area (Å²) in [6.45, 7) is 1.10. The molecule has 0 aromatic heterocycles. The normalized spacial score (nSPS) is 17.9. The topological polar surface area (TPSA) is 21.3 Å². The summed E-state index contributed by atoms with van der Waals surface area (Å²) < 4.78 is 5.24. The minimum absolute atomic E-state index is 0.714. The first kappa shape index (κ1) is 13.4. The van der Waals surface area contributed by atoms with E-state index >= 15 is 0 Å². The van der Waals surface area contributed by atoms with Gasteiger partial charge in [0, 0.05) is 0 Å². The van der Waals surface area contributed by atoms with E-state index in [2.05, 4.69) is 29.6 Å². The van der Waals surface area contributed by atoms with Gasteiger partial charge in [0.1, 0.15) is 5.75 Å². The lowest BCUT2D eigenvalue weighted by Gasteiger charge is -2.24. The van der Waals surface area contributed by atoms with E-state index in [1.165, 1.54) is 37.7 Å². The SMILES string of the molecule is CNCCC(c1ccc(OC)cc1)C1CCCC1. The molecule has 2 heteroatoms. The number of benzene rings is 1. The Hall–Kier alpha value is -1.02. The minimum atomic E-state index is 0.714. The Morgan fingerprint density at radius 2 is 1.89 bits per heavy atom. The van der Waals surface area contributed by atoms with Crippen molar-refractivity contribution in [2.45, 2.75) is 38.0 Å². The van der Waals surface area contributed by atoms with Crippen LogP contribution in [0.15, 0.2) is 24.3 Å². The van der Waals surface area contributed by atoms with Crippen LogP contribution in [0.5, 0.6) is 5.75 Å². The van der Waals surface area contributed by atoms with Gasteiger partial charge in [0.15, 0.2) is 0 Å². The Bertz CT molecular complexity index is 341. The maximum absolute atomic E-state index is 5.24. The molecule has 0 spiro atoms. The third-order valence-corrected chi connectivity index (χ3v) is 4.22. The maximum atomic E-state index is 5.24. The summed E-state index contributed by atoms with van der Waals surface area (Å²) in [6, 6.07) is 8.68. The van der Waals surface area contributed by atoms with Gasteiger partial charge in [-0.15, -0.1) is 0 Å². The zero-order valence-electron chi connectivity index (χ0n) is 11.6. The third kappa shape index (κ3) is 3.26. The molecular weight excluding hydrogens is 222 g/mol. The lowest BCUT2D eigenvalue weighted by Crippen LogP contribution is -2.17. The molecule has 100 valence electrons. The summed E-state index contributed by atoms with van der Waals surface area (Å²) in [7, 11) is 3.77. The van der Waals surface area contributed by atoms with E-state index in [9.17, 15) is 0 Å². The Morgan fingerprint density at radius 1 is 1.22 bits per heavy atom. The molecule has 0 aliphatic heterocycles. The molecule has 1 fully saturated rings. The van der Waals surface area contributed by atoms with Crippen molar-refractivity contribution in [3.63, 3.8) is 0 Å². The maximum Gasteiger partial charge on any atom is 0.118 e. The first-order valence-corrected chi connectivity index (χ1v) is 7.13. The summed E-state index contributed by atoms with van der Waals surface area (Å²) in [5.74, 6) is 2.55. The fraction of sp³-hybridized carbons (Fsp3) is 0.625. The predicted octanol–water partition coefficient (Wildman–Crippen LogP) is 3.58. The molecule has 1 aromatic rings. The molecule has 18 heavy (non-hydrogen) atoms. The van der Waals surface area contributed by atoms with E-state index in [0.29, 0.717) is 5.92 Å². The summed E-state index contributed by atoms with van der Waals surface area (Å²) >= 11 is 0. The van der Waals surface area contributed by atoms with Crippen LogP contribution in [0.25, 0.3) is 0 Å². The highest BCUT2D eigenvalue weighted by Crippen LogP contribution is 2.39. The standard InChI is InChI=1S/C16H25NO/c1-17-12-11-16(13-5-3-4-6-13)14-7-9-15(18-2)10-8-14/h7-10,13,16-17H,3-6,11-12H2,1-2H3. The van der Waals surface area contributed by atoms with E-state index in [-0.39, 0.29) is 0 Å². The number of methoxy groups -OCH3 is 1. The van der Waals surface area contributed by atoms with Crippen LogP contribution in [0, 0.1) is 5.92 Å². The third-order valence-electron chi connectivity index (χ3n) is 4.22. The molecule has 1 aromatic carbocycles. The molecule has 0 amide bonds. The van der Waals surface area contributed by atoms with Crippen LogP contribution in [0.4, 0.5) is 0 Å². The van der Waals surface area contributed by atoms with Gasteiger partial charge < -0.3 is 10.1 Å². The summed E-state index contributed by atoms with van der Waals surface area (Å²) in [6.07, 6.45) is 6.88. The summed E-state index contributed by atoms with van der Waals surface area (Å²) in [5.41, 5.74) is 1.48. The van der Waals surface area contributed by atoms with Crippen LogP contribution in [-0.2, 0) is 0 Å². The van der Waals surface area contributed by atoms with Crippen molar-refractivity contribution in [3.05, 3.63) is 29.8 Å². The van der Waals surface area contributed by atoms with Crippen LogP contribution in [0.2, 0.25) is 0 Å². The van der Waals surface area contributed by atoms with E-state index in [0.717, 1.165) is 18.2 Å². The van der Waals surface area contributed by atoms with Crippen molar-refractivity contribution in [1.82, 2.24) is 5.32 Å². The largest absolute Gasteiger partial charge is 0.497 e. The highest BCUT2D eigenvalue weighted by atomic mass is 16.5. The molecule has 0 radical (unpaired) electrons. The van der Waals surface area contributed by atoms with Gasteiger partial charge in [-0.3, -0.25) is 0 Å². The van der Waals surface area contributed by atoms with Gasteiger partial charge in [-0.05, 0) is 62.4 Å². The number of hydrogen-bond donors (Lipinski definition) is 1. The van der Waals surface area contributed by atoms with Crippen molar-refractivity contribution >= 4 is 0 Å². The minimum Gasteiger partial charge on any atom is -0.497 e. The smallest absolute Gasteiger partial charge is 0.118 e. The molecule has 1 aliphatic carbocycles. The highest BCUT2D eigenvalue weighted by molar-refractivity contribution is 5.30. The van der Waals surface area contributed by atoms with E-state index in [1.807, 2.05) is 7.05 Å². The Kier molecular flexibility index (Phi) is 5.06. The summed E-state index contributed by atoms with van der Waals surface area (Å²) in [5, 5.41) is 3.29. The first-order valence-electron chi connectivity index (χ1n) is 7.13. The zero-order chi connectivity index (χ0) is 12.8. The van der Waals surface area contributed by atoms with Crippen molar-refractivity contribution in [2.75, 3.05) is 20.7 Å². The van der Waals surface area contributed by atoms with Crippen LogP contribution in [0.3, 0.4) is 0 Å². The van der Waals surface area contributed by atoms with Gasteiger partial charge in [0.2, 0.25) is 0 Å². The molecule has 2 nitrogen and oxygen atoms in total. The molecule has 2 rings (SSSR count). The summed E-state index contributed by atoms with van der Waals surface area (Å²) in [4.78, 5) is 0. The van der Waals surface area contributed by atoms with Gasteiger partial charge in [0.25, 0.3) is 0 Å². The predicted molar refractivity (Wildman–Crippen MR) is 76.2 cm³/mol. The molecule has 0 heterocycles. The van der Waals surface area contributed by atoms with E-state index in [4.69, 9.17) is 4.74 Å². The van der Waals surface area contributed by atoms with Crippen molar-refractivity contribution in [1.29, 1.82) is 0 Å². The molecule has 1 aliphatic rings. The second-order valence-electron chi connectivity index (χ2n) is 5.32. The monoisotopic (exact) mass is 247 g/mol. The molecule has 0 bridgehead atoms. The van der Waals surface area contributed by atoms with E-state index in [1.54, 1.807) is 7.11 Å². The molecule has 1 saturated carbocycles. The fourth-order valence-electron chi connectivity index (χ4n) is 3.19. The van der Waals surface area contributed by atoms with Gasteiger partial charge in [-0.1, -0.05) is 25.0 Å². The van der Waals surface area contributed by atoms with Gasteiger partial charge in [-0.25, -0.2) is 0 Å². The van der Waals surface area contributed by atoms with Crippen molar-refractivity contribution < 1.29 is 4.74 Å². The van der Waals surface area contributed by atoms with Gasteiger partial charge in [-0.2, -0.15) is 0 Å². The zero-order valence-corrected chi connectivity index (χ0v) is 11.6. The number of ether oxygens (including phenoxy) is 1. The van der Waals surface area contributed by atoms with Crippen LogP contribution in [-0.4, -0.2) is 20.7 Å². The lowest BCUT2D eigenvalue weighted by molar-refractivity contribution is 0.403. The first-order chi connectivity index (χ1) is 8.85. The number of hydrogen-bond acceptors (Lipinski definition) is 2. The highest BCUT2D eigenvalue weighted by Gasteiger charge is 2.25. The number of rotatable bonds is 6. The molecule has 1 atom stereocenters. The van der Waals surface area contributed by atoms with Crippen molar-refractivity contribution in [3.8, 4) is 5.75 Å². The molecule has 1 N–H and O–H groups in total. The number of nitrogens with one attached hydrogen (secondary N) is 1. The second-order valence-corrected chi connectivity index (χ2v) is 5.32. The average molecular weight is 247 g/mol. The van der Waals surface area contributed by atoms with E-state index < -0.39 is 0 Å². The molecule has 1 unspecified atom stereocenters.